The van der Waals surface area contributed by atoms with Gasteiger partial charge in [-0.25, -0.2) is 0 Å². The van der Waals surface area contributed by atoms with Gasteiger partial charge in [-0.15, -0.1) is 0 Å². The zero-order valence-corrected chi connectivity index (χ0v) is 14.7. The number of nitrogens with zero attached hydrogens (tertiary/aromatic N) is 3. The van der Waals surface area contributed by atoms with Crippen molar-refractivity contribution in [2.75, 3.05) is 47.3 Å². The van der Waals surface area contributed by atoms with E-state index in [-0.39, 0.29) is 0 Å². The van der Waals surface area contributed by atoms with Gasteiger partial charge >= 0.3 is 0 Å². The van der Waals surface area contributed by atoms with E-state index in [0.29, 0.717) is 0 Å². The molecular formula is C17H36N4. The maximum absolute atomic E-state index is 4.43. The van der Waals surface area contributed by atoms with Gasteiger partial charge in [0.1, 0.15) is 0 Å². The molecule has 1 heterocycles. The maximum atomic E-state index is 4.43. The Morgan fingerprint density at radius 3 is 2.33 bits per heavy atom. The van der Waals surface area contributed by atoms with E-state index < -0.39 is 0 Å². The first-order chi connectivity index (χ1) is 10.1. The normalized spacial score (nSPS) is 17.6. The average Bonchev–Trinajstić information content (AvgIpc) is 2.47. The Labute approximate surface area is 132 Å². The highest BCUT2D eigenvalue weighted by atomic mass is 15.3. The molecule has 0 aliphatic carbocycles. The van der Waals surface area contributed by atoms with E-state index in [0.717, 1.165) is 31.5 Å². The minimum Gasteiger partial charge on any atom is -0.356 e. The van der Waals surface area contributed by atoms with Gasteiger partial charge in [-0.3, -0.25) is 4.99 Å². The highest BCUT2D eigenvalue weighted by molar-refractivity contribution is 5.79. The second kappa shape index (κ2) is 10.9. The van der Waals surface area contributed by atoms with Crippen LogP contribution in [0.5, 0.6) is 0 Å². The monoisotopic (exact) mass is 296 g/mol. The van der Waals surface area contributed by atoms with Gasteiger partial charge in [-0.05, 0) is 52.2 Å². The Morgan fingerprint density at radius 2 is 1.71 bits per heavy atom. The van der Waals surface area contributed by atoms with Gasteiger partial charge in [0, 0.05) is 26.7 Å². The predicted molar refractivity (Wildman–Crippen MR) is 93.0 cm³/mol. The molecule has 1 saturated heterocycles. The largest absolute Gasteiger partial charge is 0.356 e. The van der Waals surface area contributed by atoms with E-state index in [1.807, 2.05) is 7.05 Å². The summed E-state index contributed by atoms with van der Waals surface area (Å²) >= 11 is 0. The van der Waals surface area contributed by atoms with Crippen molar-refractivity contribution in [2.24, 2.45) is 10.9 Å². The van der Waals surface area contributed by atoms with Crippen LogP contribution in [0.1, 0.15) is 51.9 Å². The molecule has 0 aromatic heterocycles. The molecule has 0 unspecified atom stereocenters. The number of piperidine rings is 1. The Morgan fingerprint density at radius 1 is 1.10 bits per heavy atom. The molecule has 4 heteroatoms. The summed E-state index contributed by atoms with van der Waals surface area (Å²) in [5.41, 5.74) is 0. The van der Waals surface area contributed by atoms with E-state index in [4.69, 9.17) is 0 Å². The van der Waals surface area contributed by atoms with E-state index in [9.17, 15) is 0 Å². The summed E-state index contributed by atoms with van der Waals surface area (Å²) in [4.78, 5) is 9.11. The Bertz CT molecular complexity index is 281. The lowest BCUT2D eigenvalue weighted by molar-refractivity contribution is 0.273. The molecule has 0 amide bonds. The molecule has 0 spiro atoms. The zero-order chi connectivity index (χ0) is 15.5. The molecule has 0 aromatic rings. The second-order valence-corrected chi connectivity index (χ2v) is 6.71. The summed E-state index contributed by atoms with van der Waals surface area (Å²) in [6.45, 7) is 6.95. The van der Waals surface area contributed by atoms with Crippen LogP contribution in [0.2, 0.25) is 0 Å². The van der Waals surface area contributed by atoms with Crippen LogP contribution in [0.25, 0.3) is 0 Å². The number of likely N-dealkylation sites (tertiary alicyclic amines) is 1. The molecule has 0 bridgehead atoms. The van der Waals surface area contributed by atoms with E-state index >= 15 is 0 Å². The lowest BCUT2D eigenvalue weighted by Gasteiger charge is -2.32. The van der Waals surface area contributed by atoms with Crippen LogP contribution in [0.4, 0.5) is 0 Å². The molecule has 0 aromatic carbocycles. The molecule has 1 rings (SSSR count). The zero-order valence-electron chi connectivity index (χ0n) is 14.7. The molecule has 1 aliphatic heterocycles. The average molecular weight is 297 g/mol. The minimum absolute atomic E-state index is 0.876. The summed E-state index contributed by atoms with van der Waals surface area (Å²) in [6, 6.07) is 0. The van der Waals surface area contributed by atoms with Crippen molar-refractivity contribution in [3.05, 3.63) is 0 Å². The molecule has 1 N–H and O–H groups in total. The Hall–Kier alpha value is -0.770. The number of rotatable bonds is 8. The van der Waals surface area contributed by atoms with Crippen molar-refractivity contribution >= 4 is 5.96 Å². The molecule has 1 aliphatic rings. The number of hydrogen-bond donors (Lipinski definition) is 1. The molecule has 0 atom stereocenters. The summed E-state index contributed by atoms with van der Waals surface area (Å²) in [5, 5.41) is 3.53. The van der Waals surface area contributed by atoms with Crippen molar-refractivity contribution in [3.63, 3.8) is 0 Å². The number of hydrogen-bond acceptors (Lipinski definition) is 2. The summed E-state index contributed by atoms with van der Waals surface area (Å²) in [5.74, 6) is 1.98. The van der Waals surface area contributed by atoms with Crippen LogP contribution in [0, 0.1) is 5.92 Å². The van der Waals surface area contributed by atoms with Gasteiger partial charge in [-0.2, -0.15) is 0 Å². The number of unbranched alkanes of at least 4 members (excludes halogenated alkanes) is 4. The van der Waals surface area contributed by atoms with Crippen LogP contribution in [0.3, 0.4) is 0 Å². The van der Waals surface area contributed by atoms with Crippen molar-refractivity contribution in [1.29, 1.82) is 0 Å². The first-order valence-electron chi connectivity index (χ1n) is 8.73. The maximum Gasteiger partial charge on any atom is 0.193 e. The lowest BCUT2D eigenvalue weighted by atomic mass is 10.00. The lowest BCUT2D eigenvalue weighted by Crippen LogP contribution is -2.45. The highest BCUT2D eigenvalue weighted by Crippen LogP contribution is 2.15. The topological polar surface area (TPSA) is 30.9 Å². The van der Waals surface area contributed by atoms with Gasteiger partial charge in [0.2, 0.25) is 0 Å². The van der Waals surface area contributed by atoms with Gasteiger partial charge < -0.3 is 15.1 Å². The van der Waals surface area contributed by atoms with E-state index in [1.54, 1.807) is 0 Å². The van der Waals surface area contributed by atoms with E-state index in [1.165, 1.54) is 51.5 Å². The van der Waals surface area contributed by atoms with Crippen molar-refractivity contribution in [1.82, 2.24) is 15.1 Å². The predicted octanol–water partition coefficient (Wildman–Crippen LogP) is 2.81. The van der Waals surface area contributed by atoms with Gasteiger partial charge in [0.25, 0.3) is 0 Å². The molecule has 0 saturated carbocycles. The van der Waals surface area contributed by atoms with Crippen LogP contribution in [-0.2, 0) is 0 Å². The van der Waals surface area contributed by atoms with Crippen molar-refractivity contribution in [2.45, 2.75) is 51.9 Å². The fourth-order valence-corrected chi connectivity index (χ4v) is 2.84. The van der Waals surface area contributed by atoms with Gasteiger partial charge in [0.05, 0.1) is 0 Å². The highest BCUT2D eigenvalue weighted by Gasteiger charge is 2.17. The van der Waals surface area contributed by atoms with Crippen LogP contribution >= 0.6 is 0 Å². The van der Waals surface area contributed by atoms with Gasteiger partial charge in [0.15, 0.2) is 5.96 Å². The second-order valence-electron chi connectivity index (χ2n) is 6.71. The SMILES string of the molecule is CN=C(NCCCCCCCN(C)C)N1CCC(C)CC1. The van der Waals surface area contributed by atoms with Crippen LogP contribution in [0.15, 0.2) is 4.99 Å². The fraction of sp³-hybridized carbons (Fsp3) is 0.941. The molecule has 124 valence electrons. The smallest absolute Gasteiger partial charge is 0.193 e. The molecular weight excluding hydrogens is 260 g/mol. The number of guanidine groups is 1. The van der Waals surface area contributed by atoms with Crippen LogP contribution < -0.4 is 5.32 Å². The van der Waals surface area contributed by atoms with Crippen molar-refractivity contribution in [3.8, 4) is 0 Å². The minimum atomic E-state index is 0.876. The Balaban J connectivity index is 2.02. The first-order valence-corrected chi connectivity index (χ1v) is 8.73. The molecule has 21 heavy (non-hydrogen) atoms. The quantitative estimate of drug-likeness (QED) is 0.424. The number of aliphatic imine (C=N–C) groups is 1. The third-order valence-electron chi connectivity index (χ3n) is 4.36. The van der Waals surface area contributed by atoms with Crippen LogP contribution in [-0.4, -0.2) is 63.1 Å². The molecule has 1 fully saturated rings. The molecule has 4 nitrogen and oxygen atoms in total. The summed E-state index contributed by atoms with van der Waals surface area (Å²) in [7, 11) is 6.20. The standard InChI is InChI=1S/C17H36N4/c1-16-10-14-21(15-11-16)17(18-2)19-12-8-6-5-7-9-13-20(3)4/h16H,5-15H2,1-4H3,(H,18,19). The fourth-order valence-electron chi connectivity index (χ4n) is 2.84. The molecule has 0 radical (unpaired) electrons. The van der Waals surface area contributed by atoms with Crippen molar-refractivity contribution < 1.29 is 0 Å². The van der Waals surface area contributed by atoms with E-state index in [2.05, 4.69) is 41.1 Å². The number of nitrogens with one attached hydrogen (secondary N) is 1. The Kier molecular flexibility index (Phi) is 9.48. The summed E-state index contributed by atoms with van der Waals surface area (Å²) in [6.07, 6.45) is 9.22. The third-order valence-corrected chi connectivity index (χ3v) is 4.36. The first kappa shape index (κ1) is 18.3. The third kappa shape index (κ3) is 8.30. The van der Waals surface area contributed by atoms with Gasteiger partial charge in [-0.1, -0.05) is 26.2 Å². The summed E-state index contributed by atoms with van der Waals surface area (Å²) < 4.78 is 0.